The Morgan fingerprint density at radius 3 is 1.96 bits per heavy atom. The molecule has 2 bridgehead atoms. The molecule has 1 aliphatic heterocycles. The van der Waals surface area contributed by atoms with E-state index in [0.717, 1.165) is 13.8 Å². The highest BCUT2D eigenvalue weighted by atomic mass is 16.6. The number of carboxylic acids is 1. The number of aliphatic hydroxyl groups is 2. The van der Waals surface area contributed by atoms with Crippen molar-refractivity contribution >= 4 is 47.5 Å². The van der Waals surface area contributed by atoms with Gasteiger partial charge in [0, 0.05) is 37.7 Å². The van der Waals surface area contributed by atoms with Gasteiger partial charge in [-0.05, 0) is 54.8 Å². The van der Waals surface area contributed by atoms with Crippen LogP contribution in [0.4, 0.5) is 0 Å². The summed E-state index contributed by atoms with van der Waals surface area (Å²) < 4.78 is 36.3. The van der Waals surface area contributed by atoms with E-state index in [2.05, 4.69) is 5.32 Å². The number of ketones is 1. The van der Waals surface area contributed by atoms with E-state index in [1.165, 1.54) is 52.0 Å². The number of rotatable bonds is 14. The number of amides is 1. The Morgan fingerprint density at radius 2 is 1.41 bits per heavy atom. The van der Waals surface area contributed by atoms with Gasteiger partial charge in [-0.25, -0.2) is 9.59 Å². The first kappa shape index (κ1) is 50.1. The fourth-order valence-electron chi connectivity index (χ4n) is 10.7. The van der Waals surface area contributed by atoms with Gasteiger partial charge in [0.25, 0.3) is 5.91 Å². The Kier molecular flexibility index (Phi) is 14.0. The Hall–Kier alpha value is -6.76. The highest BCUT2D eigenvalue weighted by Crippen LogP contribution is 2.64. The van der Waals surface area contributed by atoms with Gasteiger partial charge in [0.1, 0.15) is 30.0 Å². The number of aliphatic hydroxyl groups excluding tert-OH is 1. The van der Waals surface area contributed by atoms with Crippen LogP contribution in [-0.2, 0) is 57.2 Å². The number of nitrogens with one attached hydrogen (secondary N) is 1. The number of esters is 5. The molecule has 4 N–H and O–H groups in total. The van der Waals surface area contributed by atoms with Gasteiger partial charge in [-0.1, -0.05) is 80.6 Å². The lowest BCUT2D eigenvalue weighted by atomic mass is 9.44. The highest BCUT2D eigenvalue weighted by Gasteiger charge is 2.78. The van der Waals surface area contributed by atoms with Gasteiger partial charge in [0.2, 0.25) is 6.10 Å². The fraction of sp³-hybridized carbons (Fsp3) is 0.451. The first-order valence-corrected chi connectivity index (χ1v) is 22.5. The smallest absolute Gasteiger partial charge is 0.350 e. The summed E-state index contributed by atoms with van der Waals surface area (Å²) in [4.78, 5) is 110. The van der Waals surface area contributed by atoms with Crippen molar-refractivity contribution in [2.75, 3.05) is 6.61 Å². The quantitative estimate of drug-likeness (QED) is 0.100. The standard InChI is InChI=1S/C51H55NO17/c1-27-33(66-47(62)41(67-37(58)23-22-36(56)57)39(30-16-10-7-11-17-30)52-45(60)31-18-12-8-13-19-31)25-51(63)44(68-46(61)32-20-14-9-15-21-32)42-49(6,34(55)24-35-50(42,26-64-35)69-29(3)54)43(59)40(65-28(2)53)38(27)48(51,4)5/h7-21,33-35,39-42,44,55,63H,22-26H2,1-6H3,(H,52,60)(H,56,57)/t33-,34-,35+,39?,40+,41?,42?,44?,49+,50-,51+/m0/s1. The third-order valence-corrected chi connectivity index (χ3v) is 14.3. The fourth-order valence-corrected chi connectivity index (χ4v) is 10.7. The SMILES string of the molecule is CC(=O)O[C@H]1C(=O)[C@@]2(C)C(C(OC(=O)c3ccccc3)[C@]3(O)C[C@H](OC(=O)C(OC(=O)CCC(=O)O)C(NC(=O)c4ccccc4)c4ccccc4)C(C)=C1C3(C)C)[C@]1(OC(C)=O)CO[C@@H]1C[C@@H]2O. The minimum Gasteiger partial charge on any atom is -0.481 e. The molecule has 0 spiro atoms. The molecule has 3 aromatic carbocycles. The second kappa shape index (κ2) is 19.3. The number of aliphatic carboxylic acids is 1. The van der Waals surface area contributed by atoms with Crippen LogP contribution in [0.5, 0.6) is 0 Å². The molecule has 2 saturated carbocycles. The monoisotopic (exact) mass is 953 g/mol. The summed E-state index contributed by atoms with van der Waals surface area (Å²) in [5.74, 6) is -9.78. The molecule has 3 aromatic rings. The maximum Gasteiger partial charge on any atom is 0.350 e. The van der Waals surface area contributed by atoms with Gasteiger partial charge in [0.05, 0.1) is 42.4 Å². The summed E-state index contributed by atoms with van der Waals surface area (Å²) in [7, 11) is 0. The minimum absolute atomic E-state index is 0.0221. The van der Waals surface area contributed by atoms with Gasteiger partial charge < -0.3 is 49.1 Å². The molecule has 3 fully saturated rings. The number of carbonyl (C=O) groups is 8. The zero-order valence-corrected chi connectivity index (χ0v) is 38.9. The van der Waals surface area contributed by atoms with Crippen LogP contribution < -0.4 is 5.32 Å². The average molecular weight is 954 g/mol. The van der Waals surface area contributed by atoms with Gasteiger partial charge in [-0.2, -0.15) is 0 Å². The first-order valence-electron chi connectivity index (χ1n) is 22.5. The zero-order valence-electron chi connectivity index (χ0n) is 38.9. The van der Waals surface area contributed by atoms with Crippen LogP contribution in [0, 0.1) is 16.7 Å². The molecule has 18 heteroatoms. The third kappa shape index (κ3) is 9.15. The molecule has 0 radical (unpaired) electrons. The van der Waals surface area contributed by atoms with Crippen LogP contribution in [0.25, 0.3) is 0 Å². The molecule has 1 amide bonds. The van der Waals surface area contributed by atoms with E-state index in [0.29, 0.717) is 0 Å². The molecule has 3 aliphatic carbocycles. The highest BCUT2D eigenvalue weighted by molar-refractivity contribution is 5.96. The van der Waals surface area contributed by atoms with Crippen LogP contribution in [0.2, 0.25) is 0 Å². The summed E-state index contributed by atoms with van der Waals surface area (Å²) in [6, 6.07) is 22.1. The van der Waals surface area contributed by atoms with Crippen LogP contribution >= 0.6 is 0 Å². The molecule has 18 nitrogen and oxygen atoms in total. The van der Waals surface area contributed by atoms with Crippen LogP contribution in [0.3, 0.4) is 0 Å². The maximum atomic E-state index is 15.7. The third-order valence-electron chi connectivity index (χ3n) is 14.3. The molecule has 1 heterocycles. The van der Waals surface area contributed by atoms with E-state index in [4.69, 9.17) is 28.4 Å². The second-order valence-electron chi connectivity index (χ2n) is 18.7. The Balaban J connectivity index is 1.42. The average Bonchev–Trinajstić information content (AvgIpc) is 3.30. The van der Waals surface area contributed by atoms with E-state index in [1.807, 2.05) is 0 Å². The van der Waals surface area contributed by atoms with Crippen molar-refractivity contribution in [1.82, 2.24) is 5.32 Å². The number of fused-ring (bicyclic) bond motifs is 5. The number of hydrogen-bond donors (Lipinski definition) is 4. The van der Waals surface area contributed by atoms with Gasteiger partial charge >= 0.3 is 35.8 Å². The van der Waals surface area contributed by atoms with Crippen LogP contribution in [-0.4, -0.2) is 117 Å². The molecule has 0 aromatic heterocycles. The van der Waals surface area contributed by atoms with Gasteiger partial charge in [-0.3, -0.25) is 28.8 Å². The van der Waals surface area contributed by atoms with Crippen molar-refractivity contribution in [3.05, 3.63) is 119 Å². The Bertz CT molecular complexity index is 2550. The van der Waals surface area contributed by atoms with E-state index in [9.17, 15) is 44.1 Å². The van der Waals surface area contributed by atoms with Crippen molar-refractivity contribution in [3.8, 4) is 0 Å². The van der Waals surface area contributed by atoms with Crippen molar-refractivity contribution in [1.29, 1.82) is 0 Å². The Labute approximate surface area is 397 Å². The van der Waals surface area contributed by atoms with E-state index >= 15 is 9.59 Å². The predicted molar refractivity (Wildman–Crippen MR) is 238 cm³/mol. The normalized spacial score (nSPS) is 29.7. The molecule has 1 saturated heterocycles. The number of Topliss-reactive ketones (excluding diaryl/α,β-unsaturated/α-hetero) is 1. The second-order valence-corrected chi connectivity index (χ2v) is 18.7. The van der Waals surface area contributed by atoms with E-state index in [-0.39, 0.29) is 40.9 Å². The van der Waals surface area contributed by atoms with Crippen molar-refractivity contribution < 1.29 is 82.1 Å². The van der Waals surface area contributed by atoms with Crippen LogP contribution in [0.1, 0.15) is 99.5 Å². The lowest BCUT2D eigenvalue weighted by Crippen LogP contribution is -2.82. The number of carboxylic acid groups (broad SMARTS) is 1. The summed E-state index contributed by atoms with van der Waals surface area (Å²) in [6.45, 7) is 7.68. The van der Waals surface area contributed by atoms with E-state index in [1.54, 1.807) is 66.7 Å². The molecule has 4 unspecified atom stereocenters. The van der Waals surface area contributed by atoms with Crippen LogP contribution in [0.15, 0.2) is 102 Å². The van der Waals surface area contributed by atoms with Gasteiger partial charge in [-0.15, -0.1) is 0 Å². The predicted octanol–water partition coefficient (Wildman–Crippen LogP) is 4.15. The number of ether oxygens (including phenoxy) is 6. The molecular formula is C51H55NO17. The Morgan fingerprint density at radius 1 is 0.812 bits per heavy atom. The largest absolute Gasteiger partial charge is 0.481 e. The lowest BCUT2D eigenvalue weighted by molar-refractivity contribution is -0.346. The topological polar surface area (TPSA) is 265 Å². The number of carbonyl (C=O) groups excluding carboxylic acids is 7. The molecule has 69 heavy (non-hydrogen) atoms. The number of benzene rings is 3. The molecule has 4 aliphatic rings. The first-order chi connectivity index (χ1) is 32.6. The maximum absolute atomic E-state index is 15.7. The van der Waals surface area contributed by atoms with Crippen molar-refractivity contribution in [2.24, 2.45) is 16.7 Å². The lowest BCUT2D eigenvalue weighted by Gasteiger charge is -2.67. The molecular weight excluding hydrogens is 899 g/mol. The van der Waals surface area contributed by atoms with Crippen molar-refractivity contribution in [3.63, 3.8) is 0 Å². The van der Waals surface area contributed by atoms with E-state index < -0.39 is 137 Å². The molecule has 366 valence electrons. The summed E-state index contributed by atoms with van der Waals surface area (Å²) in [5, 5.41) is 38.2. The van der Waals surface area contributed by atoms with Gasteiger partial charge in [0.15, 0.2) is 17.5 Å². The summed E-state index contributed by atoms with van der Waals surface area (Å²) >= 11 is 0. The summed E-state index contributed by atoms with van der Waals surface area (Å²) in [6.07, 6.45) is -12.5. The molecule has 11 atom stereocenters. The number of hydrogen-bond acceptors (Lipinski definition) is 16. The summed E-state index contributed by atoms with van der Waals surface area (Å²) in [5.41, 5.74) is -7.77. The molecule has 7 rings (SSSR count). The van der Waals surface area contributed by atoms with Crippen molar-refractivity contribution in [2.45, 2.75) is 121 Å². The zero-order chi connectivity index (χ0) is 50.2. The minimum atomic E-state index is -2.50.